The van der Waals surface area contributed by atoms with Crippen molar-refractivity contribution in [2.75, 3.05) is 32.9 Å². The summed E-state index contributed by atoms with van der Waals surface area (Å²) in [6, 6.07) is -0.371. The molecule has 5 nitrogen and oxygen atoms in total. The van der Waals surface area contributed by atoms with Crippen LogP contribution in [-0.4, -0.2) is 60.0 Å². The second-order valence-corrected chi connectivity index (χ2v) is 3.16. The molecule has 0 aliphatic carbocycles. The number of rotatable bonds is 8. The summed E-state index contributed by atoms with van der Waals surface area (Å²) in [4.78, 5) is 13.3. The van der Waals surface area contributed by atoms with Crippen LogP contribution in [0.2, 0.25) is 0 Å². The Balaban J connectivity index is 4.35. The number of nitrogens with zero attached hydrogens (tertiary/aromatic N) is 1. The fraction of sp³-hybridized carbons (Fsp3) is 0.900. The van der Waals surface area contributed by atoms with Gasteiger partial charge in [0, 0.05) is 13.1 Å². The van der Waals surface area contributed by atoms with Crippen LogP contribution in [0.5, 0.6) is 0 Å². The van der Waals surface area contributed by atoms with Crippen LogP contribution in [0, 0.1) is 0 Å². The van der Waals surface area contributed by atoms with Crippen LogP contribution < -0.4 is 0 Å². The lowest BCUT2D eigenvalue weighted by atomic mass is 10.2. The number of carbonyl (C=O) groups excluding carboxylic acids is 1. The minimum atomic E-state index is -0.371. The van der Waals surface area contributed by atoms with E-state index < -0.39 is 0 Å². The average molecular weight is 219 g/mol. The Kier molecular flexibility index (Phi) is 8.27. The molecule has 0 saturated heterocycles. The number of carbonyl (C=O) groups is 1. The number of aliphatic hydroxyl groups is 2. The van der Waals surface area contributed by atoms with Gasteiger partial charge >= 0.3 is 5.97 Å². The van der Waals surface area contributed by atoms with Gasteiger partial charge in [-0.05, 0) is 13.3 Å². The highest BCUT2D eigenvalue weighted by Gasteiger charge is 2.24. The SMILES string of the molecule is CCOC(=O)C(CC)N(CCO)CCO. The van der Waals surface area contributed by atoms with Crippen molar-refractivity contribution < 1.29 is 19.7 Å². The zero-order valence-corrected chi connectivity index (χ0v) is 9.48. The zero-order chi connectivity index (χ0) is 11.7. The summed E-state index contributed by atoms with van der Waals surface area (Å²) in [6.07, 6.45) is 0.610. The predicted octanol–water partition coefficient (Wildman–Crippen LogP) is -0.385. The highest BCUT2D eigenvalue weighted by molar-refractivity contribution is 5.75. The maximum absolute atomic E-state index is 11.5. The summed E-state index contributed by atoms with van der Waals surface area (Å²) >= 11 is 0. The third kappa shape index (κ3) is 5.11. The molecule has 0 rings (SSSR count). The van der Waals surface area contributed by atoms with Gasteiger partial charge in [-0.3, -0.25) is 9.69 Å². The van der Waals surface area contributed by atoms with Gasteiger partial charge in [0.05, 0.1) is 19.8 Å². The van der Waals surface area contributed by atoms with Crippen molar-refractivity contribution in [1.82, 2.24) is 4.90 Å². The molecule has 1 unspecified atom stereocenters. The molecule has 0 amide bonds. The summed E-state index contributed by atoms with van der Waals surface area (Å²) in [5, 5.41) is 17.7. The molecule has 0 aliphatic heterocycles. The highest BCUT2D eigenvalue weighted by Crippen LogP contribution is 2.06. The Bertz CT molecular complexity index is 169. The van der Waals surface area contributed by atoms with Crippen molar-refractivity contribution in [1.29, 1.82) is 0 Å². The number of aliphatic hydroxyl groups excluding tert-OH is 2. The van der Waals surface area contributed by atoms with Gasteiger partial charge in [0.25, 0.3) is 0 Å². The molecule has 0 fully saturated rings. The van der Waals surface area contributed by atoms with E-state index in [0.29, 0.717) is 26.1 Å². The van der Waals surface area contributed by atoms with Gasteiger partial charge in [-0.25, -0.2) is 0 Å². The normalized spacial score (nSPS) is 12.9. The Morgan fingerprint density at radius 3 is 2.13 bits per heavy atom. The molecular formula is C10H21NO4. The van der Waals surface area contributed by atoms with Crippen LogP contribution in [0.4, 0.5) is 0 Å². The van der Waals surface area contributed by atoms with Crippen molar-refractivity contribution in [2.45, 2.75) is 26.3 Å². The van der Waals surface area contributed by atoms with Gasteiger partial charge < -0.3 is 14.9 Å². The lowest BCUT2D eigenvalue weighted by Crippen LogP contribution is -2.44. The molecule has 1 atom stereocenters. The lowest BCUT2D eigenvalue weighted by molar-refractivity contribution is -0.150. The Labute approximate surface area is 90.6 Å². The predicted molar refractivity (Wildman–Crippen MR) is 56.5 cm³/mol. The van der Waals surface area contributed by atoms with Crippen LogP contribution >= 0.6 is 0 Å². The summed E-state index contributed by atoms with van der Waals surface area (Å²) in [5.74, 6) is -0.290. The van der Waals surface area contributed by atoms with E-state index in [0.717, 1.165) is 0 Å². The first-order valence-electron chi connectivity index (χ1n) is 5.33. The van der Waals surface area contributed by atoms with Crippen molar-refractivity contribution >= 4 is 5.97 Å². The molecule has 0 saturated carbocycles. The van der Waals surface area contributed by atoms with E-state index in [1.807, 2.05) is 6.92 Å². The number of hydrogen-bond donors (Lipinski definition) is 2. The van der Waals surface area contributed by atoms with E-state index in [2.05, 4.69) is 0 Å². The van der Waals surface area contributed by atoms with Gasteiger partial charge in [-0.15, -0.1) is 0 Å². The maximum atomic E-state index is 11.5. The van der Waals surface area contributed by atoms with Gasteiger partial charge in [-0.2, -0.15) is 0 Å². The number of ether oxygens (including phenoxy) is 1. The molecule has 0 aromatic carbocycles. The standard InChI is InChI=1S/C10H21NO4/c1-3-9(10(14)15-4-2)11(5-7-12)6-8-13/h9,12-13H,3-8H2,1-2H3. The molecule has 0 aliphatic rings. The summed E-state index contributed by atoms with van der Waals surface area (Å²) in [5.41, 5.74) is 0. The fourth-order valence-corrected chi connectivity index (χ4v) is 1.49. The molecular weight excluding hydrogens is 198 g/mol. The second kappa shape index (κ2) is 8.64. The average Bonchev–Trinajstić information content (AvgIpc) is 2.20. The van der Waals surface area contributed by atoms with Gasteiger partial charge in [-0.1, -0.05) is 6.92 Å². The monoisotopic (exact) mass is 219 g/mol. The fourth-order valence-electron chi connectivity index (χ4n) is 1.49. The van der Waals surface area contributed by atoms with Gasteiger partial charge in [0.15, 0.2) is 0 Å². The van der Waals surface area contributed by atoms with Crippen LogP contribution in [0.3, 0.4) is 0 Å². The summed E-state index contributed by atoms with van der Waals surface area (Å²) in [7, 11) is 0. The summed E-state index contributed by atoms with van der Waals surface area (Å²) < 4.78 is 4.92. The van der Waals surface area contributed by atoms with E-state index in [4.69, 9.17) is 14.9 Å². The number of esters is 1. The molecule has 0 radical (unpaired) electrons. The molecule has 5 heteroatoms. The van der Waals surface area contributed by atoms with Crippen molar-refractivity contribution in [3.05, 3.63) is 0 Å². The third-order valence-electron chi connectivity index (χ3n) is 2.16. The smallest absolute Gasteiger partial charge is 0.323 e. The minimum Gasteiger partial charge on any atom is -0.465 e. The summed E-state index contributed by atoms with van der Waals surface area (Å²) in [6.45, 7) is 4.67. The van der Waals surface area contributed by atoms with Gasteiger partial charge in [0.2, 0.25) is 0 Å². The van der Waals surface area contributed by atoms with Crippen LogP contribution in [0.25, 0.3) is 0 Å². The van der Waals surface area contributed by atoms with Gasteiger partial charge in [0.1, 0.15) is 6.04 Å². The number of hydrogen-bond acceptors (Lipinski definition) is 5. The topological polar surface area (TPSA) is 70.0 Å². The van der Waals surface area contributed by atoms with E-state index in [-0.39, 0.29) is 25.2 Å². The molecule has 0 aromatic rings. The first-order valence-corrected chi connectivity index (χ1v) is 5.33. The molecule has 0 bridgehead atoms. The Hall–Kier alpha value is -0.650. The maximum Gasteiger partial charge on any atom is 0.323 e. The highest BCUT2D eigenvalue weighted by atomic mass is 16.5. The zero-order valence-electron chi connectivity index (χ0n) is 9.48. The lowest BCUT2D eigenvalue weighted by Gasteiger charge is -2.27. The van der Waals surface area contributed by atoms with Crippen LogP contribution in [0.1, 0.15) is 20.3 Å². The van der Waals surface area contributed by atoms with Crippen molar-refractivity contribution in [3.63, 3.8) is 0 Å². The quantitative estimate of drug-likeness (QED) is 0.544. The van der Waals surface area contributed by atoms with Crippen LogP contribution in [0.15, 0.2) is 0 Å². The van der Waals surface area contributed by atoms with E-state index in [1.54, 1.807) is 11.8 Å². The Morgan fingerprint density at radius 2 is 1.80 bits per heavy atom. The molecule has 0 aromatic heterocycles. The first-order chi connectivity index (χ1) is 7.21. The molecule has 0 heterocycles. The molecule has 0 spiro atoms. The third-order valence-corrected chi connectivity index (χ3v) is 2.16. The second-order valence-electron chi connectivity index (χ2n) is 3.16. The molecule has 15 heavy (non-hydrogen) atoms. The van der Waals surface area contributed by atoms with E-state index in [9.17, 15) is 4.79 Å². The van der Waals surface area contributed by atoms with E-state index >= 15 is 0 Å². The van der Waals surface area contributed by atoms with E-state index in [1.165, 1.54) is 0 Å². The largest absolute Gasteiger partial charge is 0.465 e. The first kappa shape index (κ1) is 14.3. The van der Waals surface area contributed by atoms with Crippen molar-refractivity contribution in [2.24, 2.45) is 0 Å². The van der Waals surface area contributed by atoms with Crippen LogP contribution in [-0.2, 0) is 9.53 Å². The molecule has 90 valence electrons. The van der Waals surface area contributed by atoms with Crippen molar-refractivity contribution in [3.8, 4) is 0 Å². The molecule has 2 N–H and O–H groups in total. The minimum absolute atomic E-state index is 0.0318. The Morgan fingerprint density at radius 1 is 1.27 bits per heavy atom.